The van der Waals surface area contributed by atoms with Crippen LogP contribution < -0.4 is 10.6 Å². The highest BCUT2D eigenvalue weighted by Crippen LogP contribution is 2.14. The quantitative estimate of drug-likeness (QED) is 0.229. The van der Waals surface area contributed by atoms with Crippen LogP contribution in [0.15, 0.2) is 29.3 Å². The Morgan fingerprint density at radius 1 is 1.03 bits per heavy atom. The summed E-state index contributed by atoms with van der Waals surface area (Å²) in [5, 5.41) is 6.73. The van der Waals surface area contributed by atoms with Crippen molar-refractivity contribution in [1.29, 1.82) is 0 Å². The third-order valence-corrected chi connectivity index (χ3v) is 5.66. The highest BCUT2D eigenvalue weighted by atomic mass is 127. The number of halogens is 1. The molecule has 7 nitrogen and oxygen atoms in total. The Morgan fingerprint density at radius 3 is 2.42 bits per heavy atom. The third kappa shape index (κ3) is 8.94. The lowest BCUT2D eigenvalue weighted by molar-refractivity contribution is 0.0376. The summed E-state index contributed by atoms with van der Waals surface area (Å²) in [6, 6.07) is 7.90. The Balaban J connectivity index is 0.00000341. The lowest BCUT2D eigenvalue weighted by Gasteiger charge is -2.26. The first-order valence-electron chi connectivity index (χ1n) is 11.5. The smallest absolute Gasteiger partial charge is 0.253 e. The van der Waals surface area contributed by atoms with Crippen LogP contribution in [0.5, 0.6) is 0 Å². The number of benzene rings is 1. The highest BCUT2D eigenvalue weighted by Gasteiger charge is 2.17. The number of nitrogens with zero attached hydrogens (tertiary/aromatic N) is 3. The summed E-state index contributed by atoms with van der Waals surface area (Å²) in [7, 11) is 0. The van der Waals surface area contributed by atoms with E-state index < -0.39 is 0 Å². The first-order valence-corrected chi connectivity index (χ1v) is 11.5. The van der Waals surface area contributed by atoms with Crippen molar-refractivity contribution in [1.82, 2.24) is 20.4 Å². The van der Waals surface area contributed by atoms with E-state index in [-0.39, 0.29) is 29.9 Å². The molecule has 0 bridgehead atoms. The van der Waals surface area contributed by atoms with Crippen molar-refractivity contribution in [3.8, 4) is 0 Å². The number of hydrogen-bond acceptors (Lipinski definition) is 4. The minimum absolute atomic E-state index is 0. The second-order valence-electron chi connectivity index (χ2n) is 7.98. The van der Waals surface area contributed by atoms with Crippen molar-refractivity contribution >= 4 is 35.8 Å². The zero-order valence-electron chi connectivity index (χ0n) is 18.8. The Labute approximate surface area is 204 Å². The molecule has 2 fully saturated rings. The molecule has 31 heavy (non-hydrogen) atoms. The fraction of sp³-hybridized carbons (Fsp3) is 0.652. The number of carbonyl (C=O) groups is 1. The van der Waals surface area contributed by atoms with E-state index in [1.807, 2.05) is 29.2 Å². The number of rotatable bonds is 8. The fourth-order valence-corrected chi connectivity index (χ4v) is 3.88. The maximum atomic E-state index is 12.6. The van der Waals surface area contributed by atoms with Gasteiger partial charge in [0.05, 0.1) is 19.8 Å². The lowest BCUT2D eigenvalue weighted by Crippen LogP contribution is -2.40. The van der Waals surface area contributed by atoms with Crippen molar-refractivity contribution in [3.05, 3.63) is 35.4 Å². The zero-order chi connectivity index (χ0) is 21.0. The van der Waals surface area contributed by atoms with Gasteiger partial charge in [-0.2, -0.15) is 0 Å². The van der Waals surface area contributed by atoms with Crippen LogP contribution in [0.2, 0.25) is 0 Å². The van der Waals surface area contributed by atoms with Gasteiger partial charge in [-0.05, 0) is 56.8 Å². The number of aliphatic imine (C=N–C) groups is 1. The van der Waals surface area contributed by atoms with Crippen molar-refractivity contribution in [3.63, 3.8) is 0 Å². The molecule has 1 amide bonds. The van der Waals surface area contributed by atoms with Crippen LogP contribution in [0.4, 0.5) is 0 Å². The second kappa shape index (κ2) is 14.6. The van der Waals surface area contributed by atoms with Crippen molar-refractivity contribution in [2.75, 3.05) is 59.0 Å². The van der Waals surface area contributed by atoms with E-state index in [9.17, 15) is 4.79 Å². The van der Waals surface area contributed by atoms with Gasteiger partial charge in [0.1, 0.15) is 0 Å². The summed E-state index contributed by atoms with van der Waals surface area (Å²) in [5.74, 6) is 0.993. The molecule has 0 spiro atoms. The summed E-state index contributed by atoms with van der Waals surface area (Å²) in [4.78, 5) is 21.7. The number of hydrogen-bond donors (Lipinski definition) is 2. The molecule has 2 N–H and O–H groups in total. The van der Waals surface area contributed by atoms with Crippen LogP contribution in [0.3, 0.4) is 0 Å². The summed E-state index contributed by atoms with van der Waals surface area (Å²) < 4.78 is 5.39. The van der Waals surface area contributed by atoms with Gasteiger partial charge in [0.2, 0.25) is 0 Å². The van der Waals surface area contributed by atoms with Gasteiger partial charge in [0, 0.05) is 44.8 Å². The van der Waals surface area contributed by atoms with Crippen LogP contribution in [0.1, 0.15) is 48.5 Å². The molecule has 2 heterocycles. The van der Waals surface area contributed by atoms with E-state index in [0.717, 1.165) is 95.4 Å². The maximum absolute atomic E-state index is 12.6. The van der Waals surface area contributed by atoms with Gasteiger partial charge in [0.25, 0.3) is 5.91 Å². The summed E-state index contributed by atoms with van der Waals surface area (Å²) in [6.07, 6.45) is 4.55. The molecule has 0 atom stereocenters. The standard InChI is InChI=1S/C23H37N5O2.HI/c1-2-24-23(25-11-6-12-27-15-17-30-18-16-27)26-19-20-7-9-21(10-8-20)22(29)28-13-4-3-5-14-28;/h7-10H,2-6,11-19H2,1H3,(H2,24,25,26);1H. The monoisotopic (exact) mass is 543 g/mol. The average molecular weight is 543 g/mol. The van der Waals surface area contributed by atoms with E-state index in [1.165, 1.54) is 6.42 Å². The van der Waals surface area contributed by atoms with Gasteiger partial charge in [-0.3, -0.25) is 9.69 Å². The Hall–Kier alpha value is -1.39. The van der Waals surface area contributed by atoms with Crippen LogP contribution in [0, 0.1) is 0 Å². The maximum Gasteiger partial charge on any atom is 0.253 e. The minimum Gasteiger partial charge on any atom is -0.379 e. The number of amides is 1. The normalized spacial score (nSPS) is 17.7. The molecule has 3 rings (SSSR count). The van der Waals surface area contributed by atoms with Crippen LogP contribution in [-0.2, 0) is 11.3 Å². The van der Waals surface area contributed by atoms with E-state index in [4.69, 9.17) is 9.73 Å². The molecular formula is C23H38IN5O2. The number of carbonyl (C=O) groups excluding carboxylic acids is 1. The molecule has 0 aliphatic carbocycles. The molecule has 0 unspecified atom stereocenters. The van der Waals surface area contributed by atoms with Gasteiger partial charge in [-0.25, -0.2) is 4.99 Å². The van der Waals surface area contributed by atoms with E-state index >= 15 is 0 Å². The Kier molecular flexibility index (Phi) is 12.2. The summed E-state index contributed by atoms with van der Waals surface area (Å²) in [5.41, 5.74) is 1.88. The summed E-state index contributed by atoms with van der Waals surface area (Å²) in [6.45, 7) is 11.0. The molecule has 8 heteroatoms. The number of likely N-dealkylation sites (tertiary alicyclic amines) is 1. The Bertz CT molecular complexity index is 671. The zero-order valence-corrected chi connectivity index (χ0v) is 21.1. The minimum atomic E-state index is 0. The van der Waals surface area contributed by atoms with Gasteiger partial charge in [-0.1, -0.05) is 12.1 Å². The molecular weight excluding hydrogens is 505 g/mol. The molecule has 1 aromatic rings. The van der Waals surface area contributed by atoms with E-state index in [0.29, 0.717) is 6.54 Å². The predicted octanol–water partition coefficient (Wildman–Crippen LogP) is 2.71. The summed E-state index contributed by atoms with van der Waals surface area (Å²) >= 11 is 0. The number of guanidine groups is 1. The van der Waals surface area contributed by atoms with Crippen molar-refractivity contribution < 1.29 is 9.53 Å². The second-order valence-corrected chi connectivity index (χ2v) is 7.98. The van der Waals surface area contributed by atoms with Gasteiger partial charge < -0.3 is 20.3 Å². The number of nitrogens with one attached hydrogen (secondary N) is 2. The molecule has 0 radical (unpaired) electrons. The SMILES string of the molecule is CCNC(=NCc1ccc(C(=O)N2CCCCC2)cc1)NCCCN1CCOCC1.I. The number of ether oxygens (including phenoxy) is 1. The van der Waals surface area contributed by atoms with E-state index in [2.05, 4.69) is 22.5 Å². The van der Waals surface area contributed by atoms with Crippen LogP contribution in [0.25, 0.3) is 0 Å². The number of morpholine rings is 1. The topological polar surface area (TPSA) is 69.2 Å². The average Bonchev–Trinajstić information content (AvgIpc) is 2.81. The van der Waals surface area contributed by atoms with Crippen molar-refractivity contribution in [2.24, 2.45) is 4.99 Å². The highest BCUT2D eigenvalue weighted by molar-refractivity contribution is 14.0. The van der Waals surface area contributed by atoms with Crippen LogP contribution in [-0.4, -0.2) is 80.7 Å². The molecule has 1 aromatic carbocycles. The fourth-order valence-electron chi connectivity index (χ4n) is 3.88. The lowest BCUT2D eigenvalue weighted by atomic mass is 10.1. The van der Waals surface area contributed by atoms with E-state index in [1.54, 1.807) is 0 Å². The molecule has 2 saturated heterocycles. The molecule has 2 aliphatic heterocycles. The molecule has 2 aliphatic rings. The van der Waals surface area contributed by atoms with Crippen LogP contribution >= 0.6 is 24.0 Å². The first-order chi connectivity index (χ1) is 14.8. The van der Waals surface area contributed by atoms with Gasteiger partial charge in [0.15, 0.2) is 5.96 Å². The number of piperidine rings is 1. The molecule has 0 saturated carbocycles. The third-order valence-electron chi connectivity index (χ3n) is 5.66. The van der Waals surface area contributed by atoms with Crippen molar-refractivity contribution in [2.45, 2.75) is 39.2 Å². The van der Waals surface area contributed by atoms with Gasteiger partial charge in [-0.15, -0.1) is 24.0 Å². The Morgan fingerprint density at radius 2 is 1.74 bits per heavy atom. The van der Waals surface area contributed by atoms with Gasteiger partial charge >= 0.3 is 0 Å². The predicted molar refractivity (Wildman–Crippen MR) is 136 cm³/mol. The first kappa shape index (κ1) is 25.9. The largest absolute Gasteiger partial charge is 0.379 e. The molecule has 174 valence electrons. The molecule has 0 aromatic heterocycles.